The highest BCUT2D eigenvalue weighted by atomic mass is 32.1. The molecule has 2 N–H and O–H groups in total. The van der Waals surface area contributed by atoms with E-state index >= 15 is 0 Å². The minimum atomic E-state index is -0.300. The highest BCUT2D eigenvalue weighted by Crippen LogP contribution is 2.26. The molecule has 0 fully saturated rings. The van der Waals surface area contributed by atoms with Gasteiger partial charge in [-0.05, 0) is 23.6 Å². The number of amides is 1. The molecule has 6 heteroatoms. The van der Waals surface area contributed by atoms with Crippen molar-refractivity contribution in [1.29, 1.82) is 0 Å². The molecule has 1 aromatic carbocycles. The Labute approximate surface area is 105 Å². The summed E-state index contributed by atoms with van der Waals surface area (Å²) in [7, 11) is 0. The van der Waals surface area contributed by atoms with E-state index in [0.29, 0.717) is 10.6 Å². The third kappa shape index (κ3) is 1.98. The minimum Gasteiger partial charge on any atom is -0.319 e. The van der Waals surface area contributed by atoms with Gasteiger partial charge in [0.2, 0.25) is 0 Å². The normalized spacial score (nSPS) is 10.7. The van der Waals surface area contributed by atoms with Gasteiger partial charge < -0.3 is 5.32 Å². The molecule has 0 unspecified atom stereocenters. The highest BCUT2D eigenvalue weighted by Gasteiger charge is 2.11. The number of carbonyl (C=O) groups excluding carboxylic acids is 1. The van der Waals surface area contributed by atoms with Crippen LogP contribution in [0.5, 0.6) is 0 Å². The van der Waals surface area contributed by atoms with E-state index in [0.717, 1.165) is 10.1 Å². The fourth-order valence-electron chi connectivity index (χ4n) is 1.63. The predicted octanol–water partition coefficient (Wildman–Crippen LogP) is 3.02. The number of fused-ring (bicyclic) bond motifs is 1. The van der Waals surface area contributed by atoms with Crippen molar-refractivity contribution in [3.8, 4) is 0 Å². The van der Waals surface area contributed by atoms with Crippen molar-refractivity contribution in [1.82, 2.24) is 10.2 Å². The van der Waals surface area contributed by atoms with Crippen LogP contribution in [0.3, 0.4) is 0 Å². The van der Waals surface area contributed by atoms with Gasteiger partial charge in [0.25, 0.3) is 5.91 Å². The Morgan fingerprint density at radius 1 is 1.39 bits per heavy atom. The van der Waals surface area contributed by atoms with E-state index in [9.17, 15) is 9.18 Å². The number of H-pyrrole nitrogens is 1. The SMILES string of the molecule is O=C(Nc1cn[nH]c1)c1cc2ccc(F)cc2s1. The molecule has 18 heavy (non-hydrogen) atoms. The van der Waals surface area contributed by atoms with Gasteiger partial charge in [-0.1, -0.05) is 6.07 Å². The maximum Gasteiger partial charge on any atom is 0.265 e. The number of anilines is 1. The lowest BCUT2D eigenvalue weighted by molar-refractivity contribution is 0.103. The summed E-state index contributed by atoms with van der Waals surface area (Å²) in [4.78, 5) is 12.5. The second-order valence-electron chi connectivity index (χ2n) is 3.73. The Hall–Kier alpha value is -2.21. The van der Waals surface area contributed by atoms with Gasteiger partial charge in [-0.15, -0.1) is 11.3 Å². The number of thiophene rings is 1. The topological polar surface area (TPSA) is 57.8 Å². The van der Waals surface area contributed by atoms with Gasteiger partial charge in [-0.2, -0.15) is 5.10 Å². The molecule has 0 radical (unpaired) electrons. The fourth-order valence-corrected chi connectivity index (χ4v) is 2.61. The van der Waals surface area contributed by atoms with Crippen LogP contribution < -0.4 is 5.32 Å². The lowest BCUT2D eigenvalue weighted by Crippen LogP contribution is -2.09. The van der Waals surface area contributed by atoms with Crippen molar-refractivity contribution in [3.63, 3.8) is 0 Å². The summed E-state index contributed by atoms with van der Waals surface area (Å²) in [5.74, 6) is -0.524. The Balaban J connectivity index is 1.92. The number of hydrogen-bond donors (Lipinski definition) is 2. The number of benzene rings is 1. The summed E-state index contributed by atoms with van der Waals surface area (Å²) < 4.78 is 13.8. The molecule has 0 saturated carbocycles. The molecule has 3 aromatic rings. The minimum absolute atomic E-state index is 0.224. The zero-order chi connectivity index (χ0) is 12.5. The third-order valence-corrected chi connectivity index (χ3v) is 3.56. The quantitative estimate of drug-likeness (QED) is 0.745. The first kappa shape index (κ1) is 10.9. The first-order valence-corrected chi connectivity index (χ1v) is 6.03. The highest BCUT2D eigenvalue weighted by molar-refractivity contribution is 7.20. The van der Waals surface area contributed by atoms with Gasteiger partial charge in [0.15, 0.2) is 0 Å². The molecular weight excluding hydrogens is 253 g/mol. The molecule has 0 aliphatic rings. The van der Waals surface area contributed by atoms with Crippen LogP contribution in [-0.2, 0) is 0 Å². The monoisotopic (exact) mass is 261 g/mol. The van der Waals surface area contributed by atoms with Gasteiger partial charge in [-0.3, -0.25) is 9.89 Å². The Morgan fingerprint density at radius 2 is 2.28 bits per heavy atom. The molecule has 90 valence electrons. The van der Waals surface area contributed by atoms with E-state index in [1.54, 1.807) is 18.3 Å². The Kier molecular flexibility index (Phi) is 2.56. The van der Waals surface area contributed by atoms with Crippen molar-refractivity contribution in [3.05, 3.63) is 47.4 Å². The van der Waals surface area contributed by atoms with E-state index in [4.69, 9.17) is 0 Å². The fraction of sp³-hybridized carbons (Fsp3) is 0. The molecule has 4 nitrogen and oxygen atoms in total. The van der Waals surface area contributed by atoms with Crippen LogP contribution in [0.25, 0.3) is 10.1 Å². The van der Waals surface area contributed by atoms with E-state index in [1.807, 2.05) is 0 Å². The molecule has 3 rings (SSSR count). The van der Waals surface area contributed by atoms with E-state index in [1.165, 1.54) is 29.7 Å². The number of halogens is 1. The summed E-state index contributed by atoms with van der Waals surface area (Å²) in [5, 5.41) is 9.90. The van der Waals surface area contributed by atoms with Gasteiger partial charge in [-0.25, -0.2) is 4.39 Å². The standard InChI is InChI=1S/C12H8FN3OS/c13-8-2-1-7-3-11(18-10(7)4-8)12(17)16-9-5-14-15-6-9/h1-6H,(H,14,15)(H,16,17). The van der Waals surface area contributed by atoms with Gasteiger partial charge in [0, 0.05) is 10.9 Å². The van der Waals surface area contributed by atoms with E-state index < -0.39 is 0 Å². The average Bonchev–Trinajstić information content (AvgIpc) is 2.96. The molecule has 0 aliphatic heterocycles. The van der Waals surface area contributed by atoms with Crippen LogP contribution >= 0.6 is 11.3 Å². The molecule has 0 atom stereocenters. The van der Waals surface area contributed by atoms with E-state index in [-0.39, 0.29) is 11.7 Å². The smallest absolute Gasteiger partial charge is 0.265 e. The largest absolute Gasteiger partial charge is 0.319 e. The van der Waals surface area contributed by atoms with Gasteiger partial charge in [0.1, 0.15) is 5.82 Å². The van der Waals surface area contributed by atoms with Gasteiger partial charge in [0.05, 0.1) is 16.8 Å². The van der Waals surface area contributed by atoms with Crippen LogP contribution in [0.2, 0.25) is 0 Å². The zero-order valence-electron chi connectivity index (χ0n) is 9.11. The number of rotatable bonds is 2. The van der Waals surface area contributed by atoms with Crippen molar-refractivity contribution >= 4 is 33.0 Å². The maximum atomic E-state index is 13.0. The summed E-state index contributed by atoms with van der Waals surface area (Å²) in [6.45, 7) is 0. The van der Waals surface area contributed by atoms with Gasteiger partial charge >= 0.3 is 0 Å². The van der Waals surface area contributed by atoms with Crippen molar-refractivity contribution in [2.75, 3.05) is 5.32 Å². The molecule has 0 bridgehead atoms. The van der Waals surface area contributed by atoms with Crippen LogP contribution in [0.15, 0.2) is 36.7 Å². The van der Waals surface area contributed by atoms with Crippen LogP contribution in [-0.4, -0.2) is 16.1 Å². The number of hydrogen-bond acceptors (Lipinski definition) is 3. The van der Waals surface area contributed by atoms with Crippen LogP contribution in [0.4, 0.5) is 10.1 Å². The number of nitrogens with one attached hydrogen (secondary N) is 2. The molecule has 2 aromatic heterocycles. The zero-order valence-corrected chi connectivity index (χ0v) is 9.92. The van der Waals surface area contributed by atoms with Crippen molar-refractivity contribution in [2.24, 2.45) is 0 Å². The molecule has 0 saturated heterocycles. The van der Waals surface area contributed by atoms with E-state index in [2.05, 4.69) is 15.5 Å². The number of carbonyl (C=O) groups is 1. The lowest BCUT2D eigenvalue weighted by atomic mass is 10.2. The molecule has 0 aliphatic carbocycles. The molecule has 1 amide bonds. The average molecular weight is 261 g/mol. The van der Waals surface area contributed by atoms with Crippen molar-refractivity contribution in [2.45, 2.75) is 0 Å². The molecule has 0 spiro atoms. The summed E-state index contributed by atoms with van der Waals surface area (Å²) in [6.07, 6.45) is 3.11. The first-order chi connectivity index (χ1) is 8.72. The van der Waals surface area contributed by atoms with Crippen LogP contribution in [0, 0.1) is 5.82 Å². The van der Waals surface area contributed by atoms with Crippen molar-refractivity contribution < 1.29 is 9.18 Å². The molecule has 2 heterocycles. The Morgan fingerprint density at radius 3 is 3.06 bits per heavy atom. The maximum absolute atomic E-state index is 13.0. The summed E-state index contributed by atoms with van der Waals surface area (Å²) >= 11 is 1.26. The summed E-state index contributed by atoms with van der Waals surface area (Å²) in [5.41, 5.74) is 0.601. The van der Waals surface area contributed by atoms with Crippen LogP contribution in [0.1, 0.15) is 9.67 Å². The number of aromatic nitrogens is 2. The number of aromatic amines is 1. The predicted molar refractivity (Wildman–Crippen MR) is 68.3 cm³/mol. The molecular formula is C12H8FN3OS. The summed E-state index contributed by atoms with van der Waals surface area (Å²) in [6, 6.07) is 6.21. The number of nitrogens with zero attached hydrogens (tertiary/aromatic N) is 1. The Bertz CT molecular complexity index is 705. The third-order valence-electron chi connectivity index (χ3n) is 2.46. The first-order valence-electron chi connectivity index (χ1n) is 5.21. The second-order valence-corrected chi connectivity index (χ2v) is 4.82. The second kappa shape index (κ2) is 4.23. The lowest BCUT2D eigenvalue weighted by Gasteiger charge is -1.97.